The number of para-hydroxylation sites is 1. The van der Waals surface area contributed by atoms with Crippen molar-refractivity contribution < 1.29 is 0 Å². The van der Waals surface area contributed by atoms with Crippen molar-refractivity contribution in [2.24, 2.45) is 0 Å². The third kappa shape index (κ3) is 5.22. The van der Waals surface area contributed by atoms with E-state index < -0.39 is 0 Å². The van der Waals surface area contributed by atoms with Crippen LogP contribution in [0.5, 0.6) is 0 Å². The molecule has 1 saturated heterocycles. The van der Waals surface area contributed by atoms with Gasteiger partial charge >= 0.3 is 0 Å². The molecule has 8 nitrogen and oxygen atoms in total. The number of benzene rings is 2. The first kappa shape index (κ1) is 24.3. The fourth-order valence-corrected chi connectivity index (χ4v) is 4.93. The SMILES string of the molecule is CSN(C)c1ccccc1C(C)Nc1cccn2nc(Nc3ccc(N4CCN(C)CC4)cc3)nc12. The summed E-state index contributed by atoms with van der Waals surface area (Å²) in [7, 11) is 4.27. The quantitative estimate of drug-likeness (QED) is 0.322. The summed E-state index contributed by atoms with van der Waals surface area (Å²) >= 11 is 1.70. The topological polar surface area (TPSA) is 64.0 Å². The van der Waals surface area contributed by atoms with Gasteiger partial charge in [-0.15, -0.1) is 5.10 Å². The smallest absolute Gasteiger partial charge is 0.247 e. The molecule has 5 rings (SSSR count). The largest absolute Gasteiger partial charge is 0.375 e. The number of nitrogens with one attached hydrogen (secondary N) is 2. The van der Waals surface area contributed by atoms with E-state index in [9.17, 15) is 0 Å². The Kier molecular flexibility index (Phi) is 7.20. The van der Waals surface area contributed by atoms with Gasteiger partial charge in [0.05, 0.1) is 17.4 Å². The fourth-order valence-electron chi connectivity index (χ4n) is 4.57. The van der Waals surface area contributed by atoms with Crippen molar-refractivity contribution in [2.45, 2.75) is 13.0 Å². The molecule has 2 aromatic heterocycles. The molecule has 188 valence electrons. The van der Waals surface area contributed by atoms with E-state index in [-0.39, 0.29) is 6.04 Å². The Balaban J connectivity index is 1.32. The maximum atomic E-state index is 4.80. The van der Waals surface area contributed by atoms with Gasteiger partial charge in [0.1, 0.15) is 0 Å². The molecule has 1 atom stereocenters. The van der Waals surface area contributed by atoms with Gasteiger partial charge in [0.2, 0.25) is 5.95 Å². The molecule has 0 radical (unpaired) electrons. The van der Waals surface area contributed by atoms with Crippen molar-refractivity contribution in [3.8, 4) is 0 Å². The lowest BCUT2D eigenvalue weighted by Gasteiger charge is -2.34. The van der Waals surface area contributed by atoms with Gasteiger partial charge in [-0.3, -0.25) is 0 Å². The van der Waals surface area contributed by atoms with Crippen LogP contribution in [0.4, 0.5) is 28.7 Å². The highest BCUT2D eigenvalue weighted by Gasteiger charge is 2.16. The molecular formula is C27H34N8S. The van der Waals surface area contributed by atoms with Gasteiger partial charge in [-0.25, -0.2) is 4.52 Å². The molecular weight excluding hydrogens is 468 g/mol. The zero-order valence-corrected chi connectivity index (χ0v) is 22.2. The first-order valence-corrected chi connectivity index (χ1v) is 13.5. The molecule has 0 bridgehead atoms. The van der Waals surface area contributed by atoms with Gasteiger partial charge in [0.25, 0.3) is 0 Å². The molecule has 0 amide bonds. The second-order valence-electron chi connectivity index (χ2n) is 9.19. The maximum Gasteiger partial charge on any atom is 0.247 e. The number of fused-ring (bicyclic) bond motifs is 1. The lowest BCUT2D eigenvalue weighted by Crippen LogP contribution is -2.44. The highest BCUT2D eigenvalue weighted by Crippen LogP contribution is 2.31. The van der Waals surface area contributed by atoms with E-state index in [0.717, 1.165) is 43.2 Å². The average molecular weight is 503 g/mol. The van der Waals surface area contributed by atoms with E-state index in [1.807, 2.05) is 16.8 Å². The molecule has 3 heterocycles. The molecule has 36 heavy (non-hydrogen) atoms. The van der Waals surface area contributed by atoms with Crippen molar-refractivity contribution in [1.29, 1.82) is 0 Å². The van der Waals surface area contributed by atoms with Crippen LogP contribution < -0.4 is 19.8 Å². The van der Waals surface area contributed by atoms with Crippen LogP contribution in [0.1, 0.15) is 18.5 Å². The van der Waals surface area contributed by atoms with Crippen molar-refractivity contribution in [1.82, 2.24) is 19.5 Å². The summed E-state index contributed by atoms with van der Waals surface area (Å²) in [5.74, 6) is 0.576. The van der Waals surface area contributed by atoms with E-state index in [2.05, 4.69) is 112 Å². The van der Waals surface area contributed by atoms with Gasteiger partial charge in [0, 0.05) is 57.1 Å². The summed E-state index contributed by atoms with van der Waals surface area (Å²) in [4.78, 5) is 9.60. The molecule has 1 aliphatic heterocycles. The molecule has 0 aliphatic carbocycles. The number of hydrogen-bond acceptors (Lipinski definition) is 8. The van der Waals surface area contributed by atoms with Crippen LogP contribution in [0, 0.1) is 0 Å². The van der Waals surface area contributed by atoms with Crippen molar-refractivity contribution in [3.05, 3.63) is 72.4 Å². The zero-order valence-electron chi connectivity index (χ0n) is 21.3. The van der Waals surface area contributed by atoms with Gasteiger partial charge in [-0.1, -0.05) is 30.1 Å². The lowest BCUT2D eigenvalue weighted by atomic mass is 10.1. The van der Waals surface area contributed by atoms with E-state index >= 15 is 0 Å². The number of nitrogens with zero attached hydrogens (tertiary/aromatic N) is 6. The fraction of sp³-hybridized carbons (Fsp3) is 0.333. The minimum absolute atomic E-state index is 0.0947. The van der Waals surface area contributed by atoms with Gasteiger partial charge in [0.15, 0.2) is 5.65 Å². The summed E-state index contributed by atoms with van der Waals surface area (Å²) in [5, 5.41) is 11.7. The Morgan fingerprint density at radius 3 is 2.47 bits per heavy atom. The third-order valence-electron chi connectivity index (χ3n) is 6.74. The normalized spacial score (nSPS) is 15.2. The number of piperazine rings is 1. The van der Waals surface area contributed by atoms with Crippen LogP contribution in [0.3, 0.4) is 0 Å². The molecule has 0 saturated carbocycles. The Morgan fingerprint density at radius 2 is 1.72 bits per heavy atom. The Bertz CT molecular complexity index is 1300. The molecule has 2 aromatic carbocycles. The van der Waals surface area contributed by atoms with E-state index in [4.69, 9.17) is 4.98 Å². The van der Waals surface area contributed by atoms with Crippen molar-refractivity contribution >= 4 is 46.3 Å². The zero-order chi connectivity index (χ0) is 25.1. The number of pyridine rings is 1. The Hall–Kier alpha value is -3.43. The van der Waals surface area contributed by atoms with Crippen molar-refractivity contribution in [2.75, 3.05) is 66.4 Å². The minimum Gasteiger partial charge on any atom is -0.375 e. The Morgan fingerprint density at radius 1 is 0.972 bits per heavy atom. The molecule has 4 aromatic rings. The number of likely N-dealkylation sites (N-methyl/N-ethyl adjacent to an activating group) is 1. The molecule has 2 N–H and O–H groups in total. The van der Waals surface area contributed by atoms with Crippen LogP contribution in [0.2, 0.25) is 0 Å². The monoisotopic (exact) mass is 502 g/mol. The predicted octanol–water partition coefficient (Wildman–Crippen LogP) is 5.11. The summed E-state index contributed by atoms with van der Waals surface area (Å²) in [6.07, 6.45) is 4.01. The van der Waals surface area contributed by atoms with Crippen LogP contribution in [-0.4, -0.2) is 66.0 Å². The van der Waals surface area contributed by atoms with E-state index in [1.54, 1.807) is 11.9 Å². The predicted molar refractivity (Wildman–Crippen MR) is 153 cm³/mol. The van der Waals surface area contributed by atoms with Crippen molar-refractivity contribution in [3.63, 3.8) is 0 Å². The molecule has 1 fully saturated rings. The van der Waals surface area contributed by atoms with Crippen LogP contribution in [0.25, 0.3) is 5.65 Å². The standard InChI is InChI=1S/C27H34N8S/c1-20(23-8-5-6-10-25(23)33(3)36-4)28-24-9-7-15-35-26(24)30-27(31-35)29-21-11-13-22(14-12-21)34-18-16-32(2)17-19-34/h5-15,20,28H,16-19H2,1-4H3,(H,29,31). The molecule has 0 spiro atoms. The lowest BCUT2D eigenvalue weighted by molar-refractivity contribution is 0.313. The first-order chi connectivity index (χ1) is 17.5. The highest BCUT2D eigenvalue weighted by molar-refractivity contribution is 7.99. The summed E-state index contributed by atoms with van der Waals surface area (Å²) in [6, 6.07) is 21.1. The molecule has 1 unspecified atom stereocenters. The van der Waals surface area contributed by atoms with E-state index in [1.165, 1.54) is 16.9 Å². The second-order valence-corrected chi connectivity index (χ2v) is 10.1. The average Bonchev–Trinajstić information content (AvgIpc) is 3.32. The summed E-state index contributed by atoms with van der Waals surface area (Å²) < 4.78 is 4.00. The van der Waals surface area contributed by atoms with Crippen LogP contribution >= 0.6 is 11.9 Å². The minimum atomic E-state index is 0.0947. The summed E-state index contributed by atoms with van der Waals surface area (Å²) in [5.41, 5.74) is 6.38. The number of rotatable bonds is 8. The van der Waals surface area contributed by atoms with Gasteiger partial charge in [-0.05, 0) is 62.0 Å². The Labute approximate surface area is 217 Å². The number of aromatic nitrogens is 3. The van der Waals surface area contributed by atoms with Gasteiger partial charge in [-0.2, -0.15) is 4.98 Å². The second kappa shape index (κ2) is 10.7. The van der Waals surface area contributed by atoms with E-state index in [0.29, 0.717) is 5.95 Å². The number of hydrogen-bond donors (Lipinski definition) is 2. The number of anilines is 5. The maximum absolute atomic E-state index is 4.80. The van der Waals surface area contributed by atoms with Crippen LogP contribution in [0.15, 0.2) is 66.9 Å². The first-order valence-electron chi connectivity index (χ1n) is 12.3. The van der Waals surface area contributed by atoms with Gasteiger partial charge < -0.3 is 24.7 Å². The van der Waals surface area contributed by atoms with Crippen LogP contribution in [-0.2, 0) is 0 Å². The molecule has 1 aliphatic rings. The summed E-state index contributed by atoms with van der Waals surface area (Å²) in [6.45, 7) is 6.49. The molecule has 9 heteroatoms. The third-order valence-corrected chi connectivity index (χ3v) is 7.49. The highest BCUT2D eigenvalue weighted by atomic mass is 32.2.